The van der Waals surface area contributed by atoms with Gasteiger partial charge in [-0.2, -0.15) is 0 Å². The fraction of sp³-hybridized carbons (Fsp3) is 0.625. The van der Waals surface area contributed by atoms with Crippen LogP contribution in [0.4, 0.5) is 0 Å². The number of rotatable bonds is 6. The molecule has 6 heteroatoms. The number of piperazine rings is 1. The zero-order valence-corrected chi connectivity index (χ0v) is 18.7. The number of nitrogens with one attached hydrogen (secondary N) is 1. The minimum absolute atomic E-state index is 0.153. The van der Waals surface area contributed by atoms with Crippen molar-refractivity contribution in [2.24, 2.45) is 0 Å². The molecule has 30 heavy (non-hydrogen) atoms. The number of nitrogens with zero attached hydrogens (tertiary/aromatic N) is 3. The number of carbonyl (C=O) groups excluding carboxylic acids is 1. The Morgan fingerprint density at radius 1 is 1.20 bits per heavy atom. The molecule has 1 N–H and O–H groups in total. The maximum absolute atomic E-state index is 13.0. The van der Waals surface area contributed by atoms with Gasteiger partial charge in [-0.05, 0) is 56.8 Å². The number of amides is 1. The van der Waals surface area contributed by atoms with Crippen LogP contribution in [-0.2, 0) is 4.74 Å². The van der Waals surface area contributed by atoms with Gasteiger partial charge in [0.1, 0.15) is 0 Å². The number of hydrogen-bond donors (Lipinski definition) is 1. The third-order valence-electron chi connectivity index (χ3n) is 6.85. The van der Waals surface area contributed by atoms with Gasteiger partial charge in [-0.1, -0.05) is 6.07 Å². The molecule has 1 atom stereocenters. The van der Waals surface area contributed by atoms with E-state index in [1.807, 2.05) is 17.0 Å². The summed E-state index contributed by atoms with van der Waals surface area (Å²) in [6, 6.07) is 6.75. The lowest BCUT2D eigenvalue weighted by Crippen LogP contribution is -2.50. The fourth-order valence-electron chi connectivity index (χ4n) is 4.98. The Balaban J connectivity index is 1.45. The van der Waals surface area contributed by atoms with Crippen molar-refractivity contribution in [1.29, 1.82) is 0 Å². The van der Waals surface area contributed by atoms with Gasteiger partial charge in [-0.25, -0.2) is 0 Å². The van der Waals surface area contributed by atoms with Crippen molar-refractivity contribution in [3.05, 3.63) is 35.5 Å². The Morgan fingerprint density at radius 3 is 2.73 bits per heavy atom. The maximum Gasteiger partial charge on any atom is 0.254 e. The van der Waals surface area contributed by atoms with Gasteiger partial charge in [0.2, 0.25) is 0 Å². The zero-order chi connectivity index (χ0) is 21.1. The van der Waals surface area contributed by atoms with E-state index in [9.17, 15) is 4.79 Å². The Morgan fingerprint density at radius 2 is 2.00 bits per heavy atom. The third-order valence-corrected chi connectivity index (χ3v) is 6.85. The van der Waals surface area contributed by atoms with E-state index in [1.54, 1.807) is 7.11 Å². The summed E-state index contributed by atoms with van der Waals surface area (Å²) in [5.74, 6) is 0.690. The second-order valence-corrected chi connectivity index (χ2v) is 9.06. The molecule has 1 amide bonds. The highest BCUT2D eigenvalue weighted by Crippen LogP contribution is 2.32. The van der Waals surface area contributed by atoms with Gasteiger partial charge in [0.25, 0.3) is 5.91 Å². The van der Waals surface area contributed by atoms with Crippen molar-refractivity contribution < 1.29 is 9.53 Å². The number of likely N-dealkylation sites (tertiary alicyclic amines) is 1. The van der Waals surface area contributed by atoms with Gasteiger partial charge in [-0.3, -0.25) is 9.69 Å². The van der Waals surface area contributed by atoms with Crippen LogP contribution in [0.25, 0.3) is 10.9 Å². The predicted octanol–water partition coefficient (Wildman–Crippen LogP) is 3.16. The second-order valence-electron chi connectivity index (χ2n) is 9.06. The summed E-state index contributed by atoms with van der Waals surface area (Å²) in [5, 5.41) is 1.26. The van der Waals surface area contributed by atoms with Crippen molar-refractivity contribution >= 4 is 16.8 Å². The fourth-order valence-corrected chi connectivity index (χ4v) is 4.98. The average Bonchev–Trinajstić information content (AvgIpc) is 3.20. The summed E-state index contributed by atoms with van der Waals surface area (Å²) in [7, 11) is 1.77. The molecule has 2 aromatic rings. The van der Waals surface area contributed by atoms with Crippen LogP contribution in [0.5, 0.6) is 0 Å². The van der Waals surface area contributed by atoms with Crippen LogP contribution in [0.2, 0.25) is 0 Å². The summed E-state index contributed by atoms with van der Waals surface area (Å²) in [4.78, 5) is 23.4. The highest BCUT2D eigenvalue weighted by molar-refractivity contribution is 5.98. The molecule has 3 heterocycles. The van der Waals surface area contributed by atoms with Crippen LogP contribution in [0, 0.1) is 0 Å². The molecule has 6 nitrogen and oxygen atoms in total. The van der Waals surface area contributed by atoms with Crippen LogP contribution >= 0.6 is 0 Å². The van der Waals surface area contributed by atoms with Crippen LogP contribution in [-0.4, -0.2) is 91.2 Å². The van der Waals surface area contributed by atoms with Crippen molar-refractivity contribution in [3.63, 3.8) is 0 Å². The first kappa shape index (κ1) is 21.3. The Hall–Kier alpha value is -1.89. The molecule has 0 saturated carbocycles. The van der Waals surface area contributed by atoms with Crippen LogP contribution < -0.4 is 0 Å². The lowest BCUT2D eigenvalue weighted by atomic mass is 9.90. The van der Waals surface area contributed by atoms with Crippen LogP contribution in [0.3, 0.4) is 0 Å². The average molecular weight is 413 g/mol. The van der Waals surface area contributed by atoms with Crippen molar-refractivity contribution in [3.8, 4) is 0 Å². The van der Waals surface area contributed by atoms with E-state index in [4.69, 9.17) is 4.74 Å². The monoisotopic (exact) mass is 412 g/mol. The smallest absolute Gasteiger partial charge is 0.254 e. The summed E-state index contributed by atoms with van der Waals surface area (Å²) >= 11 is 0. The third kappa shape index (κ3) is 4.56. The van der Waals surface area contributed by atoms with Crippen molar-refractivity contribution in [2.75, 3.05) is 59.5 Å². The van der Waals surface area contributed by atoms with Gasteiger partial charge < -0.3 is 19.5 Å². The molecule has 0 bridgehead atoms. The highest BCUT2D eigenvalue weighted by Gasteiger charge is 2.25. The molecule has 0 aliphatic carbocycles. The first-order chi connectivity index (χ1) is 14.6. The standard InChI is InChI=1S/C24H36N4O2/c1-18(2)27-9-11-28(12-10-27)24(29)19-6-7-21-22(16-25-23(21)15-19)20-5-4-8-26(17-20)13-14-30-3/h6-7,15-16,18,20,25H,4-5,8-14,17H2,1-3H3. The van der Waals surface area contributed by atoms with E-state index in [0.29, 0.717) is 12.0 Å². The Kier molecular flexibility index (Phi) is 6.76. The summed E-state index contributed by atoms with van der Waals surface area (Å²) in [5.41, 5.74) is 3.25. The van der Waals surface area contributed by atoms with Gasteiger partial charge in [-0.15, -0.1) is 0 Å². The van der Waals surface area contributed by atoms with Gasteiger partial charge >= 0.3 is 0 Å². The molecule has 2 fully saturated rings. The number of H-pyrrole nitrogens is 1. The quantitative estimate of drug-likeness (QED) is 0.792. The molecule has 2 aliphatic heterocycles. The minimum atomic E-state index is 0.153. The lowest BCUT2D eigenvalue weighted by Gasteiger charge is -2.37. The second kappa shape index (κ2) is 9.50. The Bertz CT molecular complexity index is 854. The number of methoxy groups -OCH3 is 1. The topological polar surface area (TPSA) is 51.8 Å². The predicted molar refractivity (Wildman–Crippen MR) is 121 cm³/mol. The first-order valence-electron chi connectivity index (χ1n) is 11.4. The van der Waals surface area contributed by atoms with E-state index < -0.39 is 0 Å². The number of ether oxygens (including phenoxy) is 1. The van der Waals surface area contributed by atoms with Gasteiger partial charge in [0.05, 0.1) is 6.61 Å². The molecular weight excluding hydrogens is 376 g/mol. The van der Waals surface area contributed by atoms with Gasteiger partial charge in [0.15, 0.2) is 0 Å². The van der Waals surface area contributed by atoms with E-state index >= 15 is 0 Å². The molecule has 4 rings (SSSR count). The normalized spacial score (nSPS) is 21.6. The molecule has 0 spiro atoms. The summed E-state index contributed by atoms with van der Waals surface area (Å²) in [6.45, 7) is 12.0. The number of hydrogen-bond acceptors (Lipinski definition) is 4. The maximum atomic E-state index is 13.0. The van der Waals surface area contributed by atoms with Crippen molar-refractivity contribution in [1.82, 2.24) is 19.7 Å². The molecule has 1 unspecified atom stereocenters. The molecule has 1 aromatic carbocycles. The van der Waals surface area contributed by atoms with Crippen LogP contribution in [0.1, 0.15) is 48.5 Å². The zero-order valence-electron chi connectivity index (χ0n) is 18.7. The summed E-state index contributed by atoms with van der Waals surface area (Å²) < 4.78 is 5.26. The number of aromatic nitrogens is 1. The van der Waals surface area contributed by atoms with Gasteiger partial charge in [0, 0.05) is 75.1 Å². The highest BCUT2D eigenvalue weighted by atomic mass is 16.5. The molecule has 2 aliphatic rings. The molecule has 2 saturated heterocycles. The SMILES string of the molecule is COCCN1CCCC(c2c[nH]c3cc(C(=O)N4CCN(C(C)C)CC4)ccc23)C1. The molecule has 0 radical (unpaired) electrons. The van der Waals surface area contributed by atoms with E-state index in [1.165, 1.54) is 23.8 Å². The summed E-state index contributed by atoms with van der Waals surface area (Å²) in [6.07, 6.45) is 4.60. The number of aromatic amines is 1. The molecule has 1 aromatic heterocycles. The number of piperidine rings is 1. The van der Waals surface area contributed by atoms with Crippen molar-refractivity contribution in [2.45, 2.75) is 38.6 Å². The van der Waals surface area contributed by atoms with E-state index in [-0.39, 0.29) is 5.91 Å². The number of carbonyl (C=O) groups is 1. The largest absolute Gasteiger partial charge is 0.383 e. The number of fused-ring (bicyclic) bond motifs is 1. The Labute approximate surface area is 180 Å². The first-order valence-corrected chi connectivity index (χ1v) is 11.4. The molecular formula is C24H36N4O2. The molecule has 164 valence electrons. The van der Waals surface area contributed by atoms with E-state index in [0.717, 1.165) is 63.5 Å². The number of benzene rings is 1. The lowest BCUT2D eigenvalue weighted by molar-refractivity contribution is 0.0595. The minimum Gasteiger partial charge on any atom is -0.383 e. The van der Waals surface area contributed by atoms with Crippen LogP contribution in [0.15, 0.2) is 24.4 Å². The van der Waals surface area contributed by atoms with E-state index in [2.05, 4.69) is 40.9 Å².